The molecular weight excluding hydrogens is 643 g/mol. The van der Waals surface area contributed by atoms with Crippen LogP contribution in [0.25, 0.3) is 22.0 Å². The van der Waals surface area contributed by atoms with Gasteiger partial charge in [0.1, 0.15) is 22.9 Å². The quantitative estimate of drug-likeness (QED) is 0.0769. The lowest BCUT2D eigenvalue weighted by Crippen LogP contribution is -2.19. The number of hydrogen-bond acceptors (Lipinski definition) is 6. The van der Waals surface area contributed by atoms with E-state index in [1.807, 2.05) is 30.3 Å². The van der Waals surface area contributed by atoms with Crippen molar-refractivity contribution in [1.29, 1.82) is 0 Å². The number of nitrogens with one attached hydrogen (secondary N) is 2. The van der Waals surface area contributed by atoms with Crippen molar-refractivity contribution in [1.82, 2.24) is 10.4 Å². The highest BCUT2D eigenvalue weighted by atomic mass is 79.9. The number of fused-ring (bicyclic) bond motifs is 1. The van der Waals surface area contributed by atoms with Gasteiger partial charge in [-0.3, -0.25) is 4.79 Å². The number of hydrazone groups is 1. The van der Waals surface area contributed by atoms with Gasteiger partial charge in [0.05, 0.1) is 42.5 Å². The molecule has 0 unspecified atom stereocenters. The summed E-state index contributed by atoms with van der Waals surface area (Å²) >= 11 is 3.34. The number of methoxy groups -OCH3 is 2. The number of aromatic amines is 1. The Balaban J connectivity index is 1.45. The van der Waals surface area contributed by atoms with Crippen LogP contribution in [0.15, 0.2) is 94.5 Å². The van der Waals surface area contributed by atoms with Crippen LogP contribution in [-0.4, -0.2) is 37.3 Å². The van der Waals surface area contributed by atoms with Crippen molar-refractivity contribution in [2.45, 2.75) is 6.18 Å². The van der Waals surface area contributed by atoms with E-state index >= 15 is 0 Å². The molecule has 0 bridgehead atoms. The molecule has 0 spiro atoms. The molecular formula is C32H23BrF3N3O5. The van der Waals surface area contributed by atoms with Crippen molar-refractivity contribution in [2.75, 3.05) is 14.2 Å². The fraction of sp³-hybridized carbons (Fsp3) is 0.0938. The van der Waals surface area contributed by atoms with Gasteiger partial charge in [-0.1, -0.05) is 52.3 Å². The van der Waals surface area contributed by atoms with Gasteiger partial charge >= 0.3 is 12.1 Å². The van der Waals surface area contributed by atoms with Crippen molar-refractivity contribution in [2.24, 2.45) is 5.10 Å². The highest BCUT2D eigenvalue weighted by molar-refractivity contribution is 9.10. The zero-order chi connectivity index (χ0) is 31.4. The molecule has 5 aromatic rings. The van der Waals surface area contributed by atoms with E-state index in [0.717, 1.165) is 17.7 Å². The molecule has 0 aliphatic heterocycles. The van der Waals surface area contributed by atoms with Crippen LogP contribution in [0, 0.1) is 0 Å². The van der Waals surface area contributed by atoms with Crippen LogP contribution in [0.4, 0.5) is 13.2 Å². The largest absolute Gasteiger partial charge is 0.496 e. The third-order valence-corrected chi connectivity index (χ3v) is 7.07. The molecule has 0 aliphatic carbocycles. The Morgan fingerprint density at radius 1 is 0.886 bits per heavy atom. The SMILES string of the molecule is COc1ccc(OC)c2c(-c3ccccc3)c(C(=O)NN=Cc3cc(Br)ccc3OC(=O)c3cccc(C(F)(F)F)c3)[nH]c12. The normalized spacial score (nSPS) is 11.5. The predicted octanol–water partition coefficient (Wildman–Crippen LogP) is 7.62. The van der Waals surface area contributed by atoms with Gasteiger partial charge < -0.3 is 19.2 Å². The number of rotatable bonds is 8. The summed E-state index contributed by atoms with van der Waals surface area (Å²) in [4.78, 5) is 29.4. The smallest absolute Gasteiger partial charge is 0.416 e. The van der Waals surface area contributed by atoms with Gasteiger partial charge in [0, 0.05) is 15.6 Å². The van der Waals surface area contributed by atoms with E-state index in [-0.39, 0.29) is 22.6 Å². The second kappa shape index (κ2) is 12.6. The number of amides is 1. The van der Waals surface area contributed by atoms with E-state index in [4.69, 9.17) is 14.2 Å². The van der Waals surface area contributed by atoms with Gasteiger partial charge in [0.2, 0.25) is 0 Å². The van der Waals surface area contributed by atoms with Crippen LogP contribution in [0.3, 0.4) is 0 Å². The van der Waals surface area contributed by atoms with Gasteiger partial charge in [-0.05, 0) is 54.1 Å². The van der Waals surface area contributed by atoms with Gasteiger partial charge in [0.15, 0.2) is 0 Å². The predicted molar refractivity (Wildman–Crippen MR) is 162 cm³/mol. The maximum absolute atomic E-state index is 13.5. The number of alkyl halides is 3. The maximum atomic E-state index is 13.5. The lowest BCUT2D eigenvalue weighted by Gasteiger charge is -2.10. The first-order valence-electron chi connectivity index (χ1n) is 12.9. The molecule has 1 amide bonds. The summed E-state index contributed by atoms with van der Waals surface area (Å²) in [5, 5.41) is 4.71. The van der Waals surface area contributed by atoms with E-state index in [2.05, 4.69) is 31.4 Å². The average molecular weight is 666 g/mol. The summed E-state index contributed by atoms with van der Waals surface area (Å²) in [6.45, 7) is 0. The zero-order valence-corrected chi connectivity index (χ0v) is 24.7. The van der Waals surface area contributed by atoms with Gasteiger partial charge in [-0.2, -0.15) is 18.3 Å². The second-order valence-corrected chi connectivity index (χ2v) is 10.2. The minimum absolute atomic E-state index is 0.0127. The number of carbonyl (C=O) groups excluding carboxylic acids is 2. The second-order valence-electron chi connectivity index (χ2n) is 9.31. The van der Waals surface area contributed by atoms with Crippen molar-refractivity contribution in [3.05, 3.63) is 112 Å². The number of carbonyl (C=O) groups is 2. The van der Waals surface area contributed by atoms with Crippen molar-refractivity contribution < 1.29 is 37.0 Å². The first-order chi connectivity index (χ1) is 21.1. The molecule has 8 nitrogen and oxygen atoms in total. The highest BCUT2D eigenvalue weighted by Gasteiger charge is 2.31. The summed E-state index contributed by atoms with van der Waals surface area (Å²) in [5.74, 6) is -0.538. The van der Waals surface area contributed by atoms with Crippen LogP contribution in [-0.2, 0) is 6.18 Å². The molecule has 12 heteroatoms. The highest BCUT2D eigenvalue weighted by Crippen LogP contribution is 2.42. The zero-order valence-electron chi connectivity index (χ0n) is 23.2. The van der Waals surface area contributed by atoms with E-state index in [9.17, 15) is 22.8 Å². The van der Waals surface area contributed by atoms with Gasteiger partial charge in [-0.25, -0.2) is 10.2 Å². The van der Waals surface area contributed by atoms with Crippen LogP contribution in [0.2, 0.25) is 0 Å². The lowest BCUT2D eigenvalue weighted by molar-refractivity contribution is -0.137. The van der Waals surface area contributed by atoms with Crippen LogP contribution in [0.1, 0.15) is 32.0 Å². The molecule has 5 rings (SSSR count). The van der Waals surface area contributed by atoms with Crippen molar-refractivity contribution in [3.8, 4) is 28.4 Å². The van der Waals surface area contributed by atoms with Crippen LogP contribution >= 0.6 is 15.9 Å². The first kappa shape index (κ1) is 30.4. The summed E-state index contributed by atoms with van der Waals surface area (Å²) in [5.41, 5.74) is 3.55. The minimum atomic E-state index is -4.62. The van der Waals surface area contributed by atoms with E-state index in [1.165, 1.54) is 32.6 Å². The first-order valence-corrected chi connectivity index (χ1v) is 13.7. The Labute approximate surface area is 257 Å². The fourth-order valence-corrected chi connectivity index (χ4v) is 4.94. The number of halogens is 4. The molecule has 0 saturated carbocycles. The number of aromatic nitrogens is 1. The molecule has 1 heterocycles. The lowest BCUT2D eigenvalue weighted by atomic mass is 10.0. The number of esters is 1. The Kier molecular flexibility index (Phi) is 8.72. The summed E-state index contributed by atoms with van der Waals surface area (Å²) < 4.78 is 56.5. The van der Waals surface area contributed by atoms with E-state index < -0.39 is 23.6 Å². The number of nitrogens with zero attached hydrogens (tertiary/aromatic N) is 1. The molecule has 0 fully saturated rings. The Bertz CT molecular complexity index is 1890. The molecule has 0 radical (unpaired) electrons. The number of ether oxygens (including phenoxy) is 3. The summed E-state index contributed by atoms with van der Waals surface area (Å²) in [6, 6.07) is 21.2. The van der Waals surface area contributed by atoms with E-state index in [1.54, 1.807) is 24.3 Å². The molecule has 44 heavy (non-hydrogen) atoms. The molecule has 0 aliphatic rings. The molecule has 224 valence electrons. The monoisotopic (exact) mass is 665 g/mol. The average Bonchev–Trinajstić information content (AvgIpc) is 3.43. The van der Waals surface area contributed by atoms with Crippen molar-refractivity contribution in [3.63, 3.8) is 0 Å². The third kappa shape index (κ3) is 6.30. The number of benzene rings is 4. The van der Waals surface area contributed by atoms with E-state index in [0.29, 0.717) is 38.5 Å². The van der Waals surface area contributed by atoms with Gasteiger partial charge in [0.25, 0.3) is 5.91 Å². The fourth-order valence-electron chi connectivity index (χ4n) is 4.56. The third-order valence-electron chi connectivity index (χ3n) is 6.58. The summed E-state index contributed by atoms with van der Waals surface area (Å²) in [6.07, 6.45) is -3.37. The number of H-pyrrole nitrogens is 1. The minimum Gasteiger partial charge on any atom is -0.496 e. The number of hydrogen-bond donors (Lipinski definition) is 2. The molecule has 2 N–H and O–H groups in total. The van der Waals surface area contributed by atoms with Crippen molar-refractivity contribution >= 4 is 44.9 Å². The molecule has 1 aromatic heterocycles. The summed E-state index contributed by atoms with van der Waals surface area (Å²) in [7, 11) is 3.05. The van der Waals surface area contributed by atoms with Crippen LogP contribution in [0.5, 0.6) is 17.2 Å². The Morgan fingerprint density at radius 3 is 2.30 bits per heavy atom. The molecule has 4 aromatic carbocycles. The maximum Gasteiger partial charge on any atom is 0.416 e. The van der Waals surface area contributed by atoms with Gasteiger partial charge in [-0.15, -0.1) is 0 Å². The molecule has 0 atom stereocenters. The Hall–Kier alpha value is -5.10. The topological polar surface area (TPSA) is 102 Å². The standard InChI is InChI=1S/C32H23BrF3N3O5/c1-42-24-13-14-25(43-2)28-27(24)26(18-7-4-3-5-8-18)29(38-28)30(40)39-37-17-20-16-22(33)11-12-23(20)44-31(41)19-9-6-10-21(15-19)32(34,35)36/h3-17,38H,1-2H3,(H,39,40). The van der Waals surface area contributed by atoms with Crippen LogP contribution < -0.4 is 19.6 Å². The Morgan fingerprint density at radius 2 is 1.59 bits per heavy atom. The molecule has 0 saturated heterocycles.